The molecule has 0 fully saturated rings. The van der Waals surface area contributed by atoms with E-state index in [0.29, 0.717) is 11.8 Å². The predicted molar refractivity (Wildman–Crippen MR) is 222 cm³/mol. The van der Waals surface area contributed by atoms with E-state index in [1.165, 1.54) is 84.9 Å². The van der Waals surface area contributed by atoms with Crippen LogP contribution in [0.1, 0.15) is 116 Å². The molecule has 1 aromatic heterocycles. The molecule has 0 atom stereocenters. The summed E-state index contributed by atoms with van der Waals surface area (Å²) in [5.41, 5.74) is 12.3. The minimum absolute atomic E-state index is 0.0856. The average Bonchev–Trinajstić information content (AvgIpc) is 3.78. The first-order valence-corrected chi connectivity index (χ1v) is 20.0. The lowest BCUT2D eigenvalue weighted by molar-refractivity contribution is 0.401. The first-order chi connectivity index (χ1) is 25.8. The number of hydrogen-bond acceptors (Lipinski definition) is 4. The number of aromatic nitrogens is 2. The number of anilines is 3. The first kappa shape index (κ1) is 36.4. The number of unbranched alkanes of at least 4 members (excludes halogenated alkanes) is 6. The Hall–Kier alpha value is -4.96. The number of benzene rings is 5. The second-order valence-electron chi connectivity index (χ2n) is 15.9. The van der Waals surface area contributed by atoms with E-state index in [-0.39, 0.29) is 10.8 Å². The molecule has 1 heterocycles. The van der Waals surface area contributed by atoms with Crippen molar-refractivity contribution in [2.75, 3.05) is 4.90 Å². The van der Waals surface area contributed by atoms with E-state index in [2.05, 4.69) is 171 Å². The first-order valence-electron chi connectivity index (χ1n) is 20.0. The molecule has 0 unspecified atom stereocenters. The Kier molecular flexibility index (Phi) is 11.0. The molecule has 6 aromatic rings. The van der Waals surface area contributed by atoms with Crippen LogP contribution in [-0.4, -0.2) is 10.2 Å². The third kappa shape index (κ3) is 7.60. The highest BCUT2D eigenvalue weighted by Crippen LogP contribution is 2.56. The van der Waals surface area contributed by atoms with Crippen LogP contribution in [0.3, 0.4) is 0 Å². The highest BCUT2D eigenvalue weighted by molar-refractivity contribution is 5.87. The highest BCUT2D eigenvalue weighted by Gasteiger charge is 2.43. The lowest BCUT2D eigenvalue weighted by Gasteiger charge is -2.34. The molecular formula is C49H55N3O. The maximum Gasteiger partial charge on any atom is 0.248 e. The molecule has 4 heteroatoms. The summed E-state index contributed by atoms with van der Waals surface area (Å²) in [6.45, 7) is 11.3. The highest BCUT2D eigenvalue weighted by atomic mass is 16.4. The molecular weight excluding hydrogens is 647 g/mol. The van der Waals surface area contributed by atoms with Crippen LogP contribution in [0.15, 0.2) is 126 Å². The van der Waals surface area contributed by atoms with E-state index < -0.39 is 0 Å². The zero-order chi connectivity index (χ0) is 36.8. The molecule has 1 aliphatic carbocycles. The molecule has 0 saturated carbocycles. The minimum atomic E-state index is -0.108. The van der Waals surface area contributed by atoms with E-state index in [9.17, 15) is 0 Å². The number of para-hydroxylation sites is 2. The maximum atomic E-state index is 6.43. The minimum Gasteiger partial charge on any atom is -0.416 e. The van der Waals surface area contributed by atoms with Gasteiger partial charge in [0.2, 0.25) is 11.8 Å². The van der Waals surface area contributed by atoms with Gasteiger partial charge in [-0.2, -0.15) is 0 Å². The maximum absolute atomic E-state index is 6.43. The fraction of sp³-hybridized carbons (Fsp3) is 0.347. The third-order valence-corrected chi connectivity index (χ3v) is 11.2. The molecule has 0 N–H and O–H groups in total. The van der Waals surface area contributed by atoms with Gasteiger partial charge in [-0.25, -0.2) is 0 Å². The van der Waals surface area contributed by atoms with Crippen molar-refractivity contribution in [2.24, 2.45) is 0 Å². The van der Waals surface area contributed by atoms with Gasteiger partial charge in [0.25, 0.3) is 0 Å². The Morgan fingerprint density at radius 3 is 1.58 bits per heavy atom. The number of nitrogens with zero attached hydrogens (tertiary/aromatic N) is 3. The lowest BCUT2D eigenvalue weighted by Crippen LogP contribution is -2.26. The summed E-state index contributed by atoms with van der Waals surface area (Å²) in [6.07, 6.45) is 12.1. The molecule has 7 rings (SSSR count). The average molecular weight is 702 g/mol. The molecule has 0 radical (unpaired) electrons. The molecule has 0 spiro atoms. The fourth-order valence-corrected chi connectivity index (χ4v) is 8.30. The van der Waals surface area contributed by atoms with Crippen LogP contribution in [0.25, 0.3) is 34.0 Å². The fourth-order valence-electron chi connectivity index (χ4n) is 8.30. The monoisotopic (exact) mass is 701 g/mol. The van der Waals surface area contributed by atoms with Gasteiger partial charge in [0.1, 0.15) is 0 Å². The summed E-state index contributed by atoms with van der Waals surface area (Å²) >= 11 is 0. The Morgan fingerprint density at radius 1 is 0.528 bits per heavy atom. The van der Waals surface area contributed by atoms with Crippen molar-refractivity contribution in [1.29, 1.82) is 0 Å². The number of fused-ring (bicyclic) bond motifs is 3. The summed E-state index contributed by atoms with van der Waals surface area (Å²) in [5.74, 6) is 1.13. The Labute approximate surface area is 317 Å². The molecule has 0 saturated heterocycles. The van der Waals surface area contributed by atoms with Crippen molar-refractivity contribution >= 4 is 17.1 Å². The van der Waals surface area contributed by atoms with Gasteiger partial charge in [-0.05, 0) is 107 Å². The third-order valence-electron chi connectivity index (χ3n) is 11.2. The molecule has 1 aliphatic rings. The molecule has 0 aliphatic heterocycles. The summed E-state index contributed by atoms with van der Waals surface area (Å²) < 4.78 is 6.43. The Bertz CT molecular complexity index is 2040. The predicted octanol–water partition coefficient (Wildman–Crippen LogP) is 14.4. The quantitative estimate of drug-likeness (QED) is 0.1000. The van der Waals surface area contributed by atoms with E-state index in [0.717, 1.165) is 35.3 Å². The van der Waals surface area contributed by atoms with E-state index >= 15 is 0 Å². The van der Waals surface area contributed by atoms with Gasteiger partial charge in [-0.3, -0.25) is 0 Å². The second kappa shape index (κ2) is 16.0. The number of hydrogen-bond donors (Lipinski definition) is 0. The van der Waals surface area contributed by atoms with Crippen LogP contribution in [0.4, 0.5) is 17.1 Å². The zero-order valence-corrected chi connectivity index (χ0v) is 32.4. The summed E-state index contributed by atoms with van der Waals surface area (Å²) in [4.78, 5) is 2.40. The molecule has 4 nitrogen and oxygen atoms in total. The van der Waals surface area contributed by atoms with Gasteiger partial charge in [-0.15, -0.1) is 10.2 Å². The van der Waals surface area contributed by atoms with Crippen LogP contribution < -0.4 is 4.90 Å². The summed E-state index contributed by atoms with van der Waals surface area (Å²) in [5, 5.41) is 9.14. The van der Waals surface area contributed by atoms with Crippen molar-refractivity contribution in [3.05, 3.63) is 138 Å². The topological polar surface area (TPSA) is 42.2 Å². The van der Waals surface area contributed by atoms with Crippen molar-refractivity contribution in [3.8, 4) is 34.0 Å². The van der Waals surface area contributed by atoms with Crippen LogP contribution in [0, 0.1) is 0 Å². The van der Waals surface area contributed by atoms with E-state index in [4.69, 9.17) is 4.42 Å². The summed E-state index contributed by atoms with van der Waals surface area (Å²) in [7, 11) is 0. The van der Waals surface area contributed by atoms with Gasteiger partial charge in [0.05, 0.1) is 0 Å². The molecule has 5 aromatic carbocycles. The Morgan fingerprint density at radius 2 is 1.04 bits per heavy atom. The molecule has 0 bridgehead atoms. The van der Waals surface area contributed by atoms with Gasteiger partial charge in [-0.1, -0.05) is 147 Å². The summed E-state index contributed by atoms with van der Waals surface area (Å²) in [6, 6.07) is 44.2. The van der Waals surface area contributed by atoms with Gasteiger partial charge in [0.15, 0.2) is 0 Å². The SMILES string of the molecule is CCCCCCC1(CCCCCC)c2cc(-c3nnc(-c4ccc(C(C)(C)C)cc4)o3)ccc2-c2ccc(N(c3ccccc3)c3ccccc3)cc21. The van der Waals surface area contributed by atoms with E-state index in [1.807, 2.05) is 0 Å². The largest absolute Gasteiger partial charge is 0.416 e. The molecule has 53 heavy (non-hydrogen) atoms. The van der Waals surface area contributed by atoms with Crippen molar-refractivity contribution < 1.29 is 4.42 Å². The molecule has 0 amide bonds. The second-order valence-corrected chi connectivity index (χ2v) is 15.9. The van der Waals surface area contributed by atoms with Gasteiger partial charge >= 0.3 is 0 Å². The van der Waals surface area contributed by atoms with Crippen molar-refractivity contribution in [2.45, 2.75) is 110 Å². The zero-order valence-electron chi connectivity index (χ0n) is 32.4. The smallest absolute Gasteiger partial charge is 0.248 e. The van der Waals surface area contributed by atoms with Gasteiger partial charge in [0, 0.05) is 33.6 Å². The van der Waals surface area contributed by atoms with Crippen LogP contribution in [-0.2, 0) is 10.8 Å². The number of rotatable bonds is 15. The van der Waals surface area contributed by atoms with Crippen LogP contribution in [0.2, 0.25) is 0 Å². The van der Waals surface area contributed by atoms with Crippen LogP contribution in [0.5, 0.6) is 0 Å². The Balaban J connectivity index is 1.33. The standard InChI is InChI=1S/C49H55N3O/c1-6-8-10-18-32-49(33-19-11-9-7-2)44-34-37(47-51-50-46(53-47)36-24-27-38(28-25-36)48(3,4)5)26-30-42(44)43-31-29-41(35-45(43)49)52(39-20-14-12-15-21-39)40-22-16-13-17-23-40/h12-17,20-31,34-35H,6-11,18-19,32-33H2,1-5H3. The van der Waals surface area contributed by atoms with Gasteiger partial charge < -0.3 is 9.32 Å². The lowest BCUT2D eigenvalue weighted by atomic mass is 9.70. The van der Waals surface area contributed by atoms with Crippen LogP contribution >= 0.6 is 0 Å². The van der Waals surface area contributed by atoms with Crippen molar-refractivity contribution in [3.63, 3.8) is 0 Å². The molecule has 272 valence electrons. The van der Waals surface area contributed by atoms with E-state index in [1.54, 1.807) is 0 Å². The van der Waals surface area contributed by atoms with Crippen molar-refractivity contribution in [1.82, 2.24) is 10.2 Å². The normalized spacial score (nSPS) is 13.2.